The molecule has 0 unspecified atom stereocenters. The largest absolute Gasteiger partial charge is 0.382 e. The third kappa shape index (κ3) is 5.94. The van der Waals surface area contributed by atoms with E-state index in [4.69, 9.17) is 20.2 Å². The first kappa shape index (κ1) is 29.6. The van der Waals surface area contributed by atoms with Gasteiger partial charge in [0.05, 0.1) is 29.6 Å². The number of H-pyrrole nitrogens is 1. The molecule has 4 aromatic rings. The van der Waals surface area contributed by atoms with Crippen LogP contribution in [-0.4, -0.2) is 76.1 Å². The number of anilines is 1. The zero-order valence-corrected chi connectivity index (χ0v) is 26.3. The molecular weight excluding hydrogens is 556 g/mol. The lowest BCUT2D eigenvalue weighted by Crippen LogP contribution is -2.52. The molecule has 3 aromatic heterocycles. The molecule has 0 amide bonds. The van der Waals surface area contributed by atoms with Crippen molar-refractivity contribution in [3.63, 3.8) is 0 Å². The van der Waals surface area contributed by atoms with Crippen LogP contribution >= 0.6 is 0 Å². The molecule has 7 rings (SSSR count). The van der Waals surface area contributed by atoms with E-state index in [1.54, 1.807) is 20.2 Å². The summed E-state index contributed by atoms with van der Waals surface area (Å²) < 4.78 is 14.7. The normalized spacial score (nSPS) is 26.2. The average molecular weight is 603 g/mol. The SMILES string of the molecule is CC(C)N(C[C@H]1O[C@@H](n2cnc3c(N)ncnc32)C[C@@H]1OC(C)(C)O)C1CC(CCc2nc3cc(C4CCC4)ccc3[nH]2)C1. The highest BCUT2D eigenvalue weighted by Gasteiger charge is 2.43. The number of fused-ring (bicyclic) bond motifs is 2. The molecule has 44 heavy (non-hydrogen) atoms. The van der Waals surface area contributed by atoms with E-state index in [0.29, 0.717) is 41.4 Å². The van der Waals surface area contributed by atoms with Crippen LogP contribution in [-0.2, 0) is 15.9 Å². The summed E-state index contributed by atoms with van der Waals surface area (Å²) in [6.07, 6.45) is 11.3. The van der Waals surface area contributed by atoms with Crippen molar-refractivity contribution in [2.75, 3.05) is 12.3 Å². The molecular formula is C33H46N8O3. The van der Waals surface area contributed by atoms with Crippen molar-refractivity contribution in [2.45, 2.75) is 121 Å². The van der Waals surface area contributed by atoms with E-state index in [-0.39, 0.29) is 18.4 Å². The van der Waals surface area contributed by atoms with Gasteiger partial charge in [-0.15, -0.1) is 0 Å². The van der Waals surface area contributed by atoms with Crippen LogP contribution in [0.4, 0.5) is 5.82 Å². The molecule has 4 heterocycles. The third-order valence-electron chi connectivity index (χ3n) is 9.97. The number of hydrogen-bond donors (Lipinski definition) is 3. The zero-order valence-electron chi connectivity index (χ0n) is 26.3. The summed E-state index contributed by atoms with van der Waals surface area (Å²) in [5.41, 5.74) is 10.9. The van der Waals surface area contributed by atoms with Gasteiger partial charge in [0.15, 0.2) is 17.3 Å². The summed E-state index contributed by atoms with van der Waals surface area (Å²) in [6, 6.07) is 7.63. The molecule has 3 fully saturated rings. The molecule has 236 valence electrons. The Bertz CT molecular complexity index is 1600. The average Bonchev–Trinajstić information content (AvgIpc) is 3.62. The van der Waals surface area contributed by atoms with Crippen LogP contribution in [0.5, 0.6) is 0 Å². The third-order valence-corrected chi connectivity index (χ3v) is 9.97. The van der Waals surface area contributed by atoms with Crippen molar-refractivity contribution < 1.29 is 14.6 Å². The van der Waals surface area contributed by atoms with Crippen LogP contribution in [0.2, 0.25) is 0 Å². The van der Waals surface area contributed by atoms with E-state index >= 15 is 0 Å². The number of nitrogen functional groups attached to an aromatic ring is 1. The first-order chi connectivity index (χ1) is 21.1. The molecule has 1 saturated heterocycles. The Balaban J connectivity index is 0.981. The Hall–Kier alpha value is -3.12. The van der Waals surface area contributed by atoms with Crippen LogP contribution in [0.1, 0.15) is 96.2 Å². The van der Waals surface area contributed by atoms with Gasteiger partial charge in [0, 0.05) is 31.5 Å². The lowest BCUT2D eigenvalue weighted by atomic mass is 9.76. The predicted octanol–water partition coefficient (Wildman–Crippen LogP) is 5.08. The van der Waals surface area contributed by atoms with Crippen molar-refractivity contribution in [1.82, 2.24) is 34.4 Å². The molecule has 2 aliphatic carbocycles. The minimum atomic E-state index is -1.27. The second kappa shape index (κ2) is 11.7. The standard InChI is InChI=1S/C33H46N8O3/c1-19(2)40(23-12-20(13-23)8-11-28-38-24-10-9-22(14-25(24)39-28)21-6-5-7-21)16-27-26(44-33(3,4)42)15-29(43-27)41-18-37-30-31(34)35-17-36-32(30)41/h9-10,14,17-21,23,26-27,29,42H,5-8,11-13,15-16H2,1-4H3,(H,38,39)(H2,34,35,36)/t20?,23?,26-,27+,29+/m0/s1. The summed E-state index contributed by atoms with van der Waals surface area (Å²) in [4.78, 5) is 24.0. The second-order valence-corrected chi connectivity index (χ2v) is 14.0. The fraction of sp³-hybridized carbons (Fsp3) is 0.636. The Morgan fingerprint density at radius 1 is 1.18 bits per heavy atom. The molecule has 0 radical (unpaired) electrons. The lowest BCUT2D eigenvalue weighted by Gasteiger charge is -2.46. The topological polar surface area (TPSA) is 140 Å². The number of ether oxygens (including phenoxy) is 2. The van der Waals surface area contributed by atoms with Crippen molar-refractivity contribution >= 4 is 28.0 Å². The van der Waals surface area contributed by atoms with Crippen molar-refractivity contribution in [3.05, 3.63) is 42.2 Å². The highest BCUT2D eigenvalue weighted by atomic mass is 16.6. The van der Waals surface area contributed by atoms with Gasteiger partial charge in [-0.1, -0.05) is 12.5 Å². The summed E-state index contributed by atoms with van der Waals surface area (Å²) in [7, 11) is 0. The smallest absolute Gasteiger partial charge is 0.167 e. The van der Waals surface area contributed by atoms with Gasteiger partial charge in [-0.2, -0.15) is 0 Å². The number of nitrogens with zero attached hydrogens (tertiary/aromatic N) is 6. The molecule has 1 aliphatic heterocycles. The van der Waals surface area contributed by atoms with Crippen LogP contribution in [0, 0.1) is 5.92 Å². The summed E-state index contributed by atoms with van der Waals surface area (Å²) in [6.45, 7) is 8.57. The molecule has 11 heteroatoms. The Morgan fingerprint density at radius 3 is 2.73 bits per heavy atom. The highest BCUT2D eigenvalue weighted by Crippen LogP contribution is 2.40. The monoisotopic (exact) mass is 602 g/mol. The number of aromatic amines is 1. The Kier molecular flexibility index (Phi) is 7.84. The number of aryl methyl sites for hydroxylation is 1. The minimum Gasteiger partial charge on any atom is -0.382 e. The predicted molar refractivity (Wildman–Crippen MR) is 169 cm³/mol. The number of hydrogen-bond acceptors (Lipinski definition) is 9. The molecule has 0 spiro atoms. The number of benzene rings is 1. The summed E-state index contributed by atoms with van der Waals surface area (Å²) in [5, 5.41) is 10.6. The van der Waals surface area contributed by atoms with Crippen LogP contribution in [0.25, 0.3) is 22.2 Å². The van der Waals surface area contributed by atoms with E-state index in [0.717, 1.165) is 42.2 Å². The van der Waals surface area contributed by atoms with Gasteiger partial charge in [-0.3, -0.25) is 9.47 Å². The molecule has 3 aliphatic rings. The van der Waals surface area contributed by atoms with Crippen LogP contribution < -0.4 is 5.73 Å². The van der Waals surface area contributed by atoms with E-state index in [1.165, 1.54) is 44.0 Å². The number of nitrogens with one attached hydrogen (secondary N) is 1. The van der Waals surface area contributed by atoms with Gasteiger partial charge >= 0.3 is 0 Å². The number of nitrogens with two attached hydrogens (primary N) is 1. The van der Waals surface area contributed by atoms with Crippen molar-refractivity contribution in [3.8, 4) is 0 Å². The first-order valence-electron chi connectivity index (χ1n) is 16.3. The van der Waals surface area contributed by atoms with Gasteiger partial charge in [-0.25, -0.2) is 19.9 Å². The lowest BCUT2D eigenvalue weighted by molar-refractivity contribution is -0.216. The van der Waals surface area contributed by atoms with E-state index in [2.05, 4.69) is 56.9 Å². The number of aliphatic hydroxyl groups is 1. The maximum absolute atomic E-state index is 10.6. The molecule has 3 atom stereocenters. The minimum absolute atomic E-state index is 0.218. The number of aromatic nitrogens is 6. The van der Waals surface area contributed by atoms with E-state index in [1.807, 2.05) is 4.57 Å². The number of rotatable bonds is 11. The van der Waals surface area contributed by atoms with E-state index < -0.39 is 5.79 Å². The Morgan fingerprint density at radius 2 is 2.00 bits per heavy atom. The molecule has 2 saturated carbocycles. The van der Waals surface area contributed by atoms with Crippen molar-refractivity contribution in [1.29, 1.82) is 0 Å². The van der Waals surface area contributed by atoms with E-state index in [9.17, 15) is 5.11 Å². The number of imidazole rings is 2. The van der Waals surface area contributed by atoms with Gasteiger partial charge in [0.1, 0.15) is 23.9 Å². The van der Waals surface area contributed by atoms with Gasteiger partial charge in [-0.05, 0) is 89.3 Å². The fourth-order valence-electron chi connectivity index (χ4n) is 7.34. The second-order valence-electron chi connectivity index (χ2n) is 14.0. The molecule has 0 bridgehead atoms. The fourth-order valence-corrected chi connectivity index (χ4v) is 7.34. The van der Waals surface area contributed by atoms with Crippen molar-refractivity contribution in [2.24, 2.45) is 5.92 Å². The Labute approximate surface area is 258 Å². The quantitative estimate of drug-likeness (QED) is 0.201. The first-order valence-corrected chi connectivity index (χ1v) is 16.3. The molecule has 11 nitrogen and oxygen atoms in total. The maximum Gasteiger partial charge on any atom is 0.167 e. The zero-order chi connectivity index (χ0) is 30.6. The molecule has 4 N–H and O–H groups in total. The highest BCUT2D eigenvalue weighted by molar-refractivity contribution is 5.81. The summed E-state index contributed by atoms with van der Waals surface area (Å²) >= 11 is 0. The van der Waals surface area contributed by atoms with Gasteiger partial charge in [0.25, 0.3) is 0 Å². The molecule has 1 aromatic carbocycles. The van der Waals surface area contributed by atoms with Gasteiger partial charge < -0.3 is 25.3 Å². The van der Waals surface area contributed by atoms with Crippen LogP contribution in [0.3, 0.4) is 0 Å². The summed E-state index contributed by atoms with van der Waals surface area (Å²) in [5.74, 6) is 1.59. The van der Waals surface area contributed by atoms with Gasteiger partial charge in [0.2, 0.25) is 0 Å². The maximum atomic E-state index is 10.6. The van der Waals surface area contributed by atoms with Crippen LogP contribution in [0.15, 0.2) is 30.9 Å².